The Balaban J connectivity index is 1.64. The summed E-state index contributed by atoms with van der Waals surface area (Å²) >= 11 is 2.52. The zero-order valence-corrected chi connectivity index (χ0v) is 18.1. The molecule has 2 aliphatic carbocycles. The maximum atomic E-state index is 13.1. The number of hydrogen-bond donors (Lipinski definition) is 2. The molecule has 1 aromatic rings. The number of carbonyl (C=O) groups is 2. The lowest BCUT2D eigenvalue weighted by atomic mass is 9.86. The first-order chi connectivity index (χ1) is 13.5. The number of hydrogen-bond acceptors (Lipinski definition) is 6. The summed E-state index contributed by atoms with van der Waals surface area (Å²) in [5.74, 6) is 0.392. The normalized spacial score (nSPS) is 23.2. The van der Waals surface area contributed by atoms with E-state index in [1.807, 2.05) is 4.90 Å². The maximum Gasteiger partial charge on any atom is 0.323 e. The number of nitrogens with zero attached hydrogens (tertiary/aromatic N) is 2. The summed E-state index contributed by atoms with van der Waals surface area (Å²) in [6.45, 7) is 2.88. The molecule has 1 aromatic heterocycles. The molecule has 2 aliphatic rings. The fraction of sp³-hybridized carbons (Fsp3) is 0.737. The number of ether oxygens (including phenoxy) is 1. The third-order valence-electron chi connectivity index (χ3n) is 5.55. The molecule has 9 heteroatoms. The van der Waals surface area contributed by atoms with Crippen LogP contribution in [0.3, 0.4) is 0 Å². The van der Waals surface area contributed by atoms with Gasteiger partial charge in [-0.15, -0.1) is 11.8 Å². The van der Waals surface area contributed by atoms with E-state index in [0.29, 0.717) is 17.6 Å². The molecule has 0 bridgehead atoms. The summed E-state index contributed by atoms with van der Waals surface area (Å²) in [7, 11) is 1.73. The van der Waals surface area contributed by atoms with Crippen LogP contribution in [-0.4, -0.2) is 58.5 Å². The van der Waals surface area contributed by atoms with Gasteiger partial charge in [0.25, 0.3) is 0 Å². The van der Waals surface area contributed by atoms with Crippen LogP contribution < -0.4 is 5.32 Å². The summed E-state index contributed by atoms with van der Waals surface area (Å²) in [5.41, 5.74) is 0. The fourth-order valence-electron chi connectivity index (χ4n) is 3.71. The second-order valence-electron chi connectivity index (χ2n) is 7.77. The van der Waals surface area contributed by atoms with Gasteiger partial charge in [-0.2, -0.15) is 0 Å². The molecule has 2 amide bonds. The van der Waals surface area contributed by atoms with Gasteiger partial charge in [-0.1, -0.05) is 18.3 Å². The quantitative estimate of drug-likeness (QED) is 0.575. The van der Waals surface area contributed by atoms with E-state index >= 15 is 0 Å². The van der Waals surface area contributed by atoms with Crippen molar-refractivity contribution in [1.29, 1.82) is 0 Å². The van der Waals surface area contributed by atoms with Gasteiger partial charge < -0.3 is 14.7 Å². The minimum absolute atomic E-state index is 0.0150. The van der Waals surface area contributed by atoms with E-state index in [-0.39, 0.29) is 23.9 Å². The number of urea groups is 1. The van der Waals surface area contributed by atoms with Gasteiger partial charge in [-0.3, -0.25) is 10.1 Å². The monoisotopic (exact) mass is 427 g/mol. The second-order valence-corrected chi connectivity index (χ2v) is 10.1. The van der Waals surface area contributed by atoms with Crippen molar-refractivity contribution in [3.8, 4) is 0 Å². The van der Waals surface area contributed by atoms with Crippen molar-refractivity contribution >= 4 is 40.2 Å². The number of methoxy groups -OCH3 is 1. The molecule has 0 aromatic carbocycles. The van der Waals surface area contributed by atoms with Gasteiger partial charge in [0.1, 0.15) is 0 Å². The van der Waals surface area contributed by atoms with Crippen molar-refractivity contribution in [2.75, 3.05) is 24.7 Å². The summed E-state index contributed by atoms with van der Waals surface area (Å²) in [4.78, 5) is 30.0. The molecule has 0 aliphatic heterocycles. The molecule has 0 saturated heterocycles. The fourth-order valence-corrected chi connectivity index (χ4v) is 5.29. The molecule has 0 radical (unpaired) electrons. The van der Waals surface area contributed by atoms with Crippen LogP contribution in [0.1, 0.15) is 45.4 Å². The van der Waals surface area contributed by atoms with E-state index in [2.05, 4.69) is 17.2 Å². The lowest BCUT2D eigenvalue weighted by Gasteiger charge is -2.37. The van der Waals surface area contributed by atoms with Crippen molar-refractivity contribution in [2.45, 2.75) is 61.8 Å². The number of aromatic nitrogens is 1. The largest absolute Gasteiger partial charge is 0.481 e. The summed E-state index contributed by atoms with van der Waals surface area (Å²) in [5, 5.41) is 12.2. The van der Waals surface area contributed by atoms with Gasteiger partial charge in [-0.25, -0.2) is 9.78 Å². The Hall–Kier alpha value is -1.32. The van der Waals surface area contributed by atoms with Gasteiger partial charge in [-0.05, 0) is 50.4 Å². The van der Waals surface area contributed by atoms with E-state index in [1.165, 1.54) is 35.9 Å². The Bertz CT molecular complexity index is 672. The highest BCUT2D eigenvalue weighted by Crippen LogP contribution is 2.36. The van der Waals surface area contributed by atoms with Crippen LogP contribution in [0.25, 0.3) is 0 Å². The van der Waals surface area contributed by atoms with Crippen LogP contribution in [0.15, 0.2) is 10.4 Å². The molecule has 1 unspecified atom stereocenters. The van der Waals surface area contributed by atoms with Gasteiger partial charge in [0.15, 0.2) is 5.13 Å². The first-order valence-electron chi connectivity index (χ1n) is 9.87. The number of carbonyl (C=O) groups excluding carboxylic acids is 1. The summed E-state index contributed by atoms with van der Waals surface area (Å²) < 4.78 is 6.46. The van der Waals surface area contributed by atoms with E-state index in [4.69, 9.17) is 9.84 Å². The molecule has 3 rings (SSSR count). The van der Waals surface area contributed by atoms with Crippen molar-refractivity contribution < 1.29 is 19.4 Å². The Labute approximate surface area is 174 Å². The predicted molar refractivity (Wildman–Crippen MR) is 111 cm³/mol. The smallest absolute Gasteiger partial charge is 0.323 e. The molecule has 2 N–H and O–H groups in total. The first-order valence-corrected chi connectivity index (χ1v) is 11.7. The Morgan fingerprint density at radius 1 is 1.36 bits per heavy atom. The number of carboxylic acids is 1. The average Bonchev–Trinajstić information content (AvgIpc) is 3.41. The van der Waals surface area contributed by atoms with Crippen LogP contribution in [-0.2, 0) is 9.53 Å². The number of amides is 2. The standard InChI is InChI=1S/C19H29N3O4S2/c1-12-3-7-14(8-4-12)22(10-15(26-2)13-5-6-13)19(25)21-18-20-9-17(28-18)27-11-16(23)24/h9,12-15H,3-8,10-11H2,1-2H3,(H,23,24)(H,20,21,25). The number of aliphatic carboxylic acids is 1. The van der Waals surface area contributed by atoms with Crippen molar-refractivity contribution in [1.82, 2.24) is 9.88 Å². The highest BCUT2D eigenvalue weighted by Gasteiger charge is 2.36. The van der Waals surface area contributed by atoms with Crippen molar-refractivity contribution in [3.63, 3.8) is 0 Å². The Morgan fingerprint density at radius 2 is 2.07 bits per heavy atom. The molecule has 28 heavy (non-hydrogen) atoms. The average molecular weight is 428 g/mol. The third kappa shape index (κ3) is 6.09. The zero-order valence-electron chi connectivity index (χ0n) is 16.4. The molecule has 1 atom stereocenters. The number of anilines is 1. The highest BCUT2D eigenvalue weighted by molar-refractivity contribution is 8.01. The van der Waals surface area contributed by atoms with Crippen molar-refractivity contribution in [2.24, 2.45) is 11.8 Å². The summed E-state index contributed by atoms with van der Waals surface area (Å²) in [6, 6.07) is 0.0970. The maximum absolute atomic E-state index is 13.1. The van der Waals surface area contributed by atoms with E-state index < -0.39 is 5.97 Å². The van der Waals surface area contributed by atoms with Crippen molar-refractivity contribution in [3.05, 3.63) is 6.20 Å². The van der Waals surface area contributed by atoms with Gasteiger partial charge in [0.05, 0.1) is 22.3 Å². The van der Waals surface area contributed by atoms with Crippen LogP contribution in [0.2, 0.25) is 0 Å². The van der Waals surface area contributed by atoms with E-state index in [0.717, 1.165) is 35.8 Å². The molecule has 2 saturated carbocycles. The predicted octanol–water partition coefficient (Wildman–Crippen LogP) is 4.16. The molecular formula is C19H29N3O4S2. The molecule has 7 nitrogen and oxygen atoms in total. The first kappa shape index (κ1) is 21.4. The number of nitrogens with one attached hydrogen (secondary N) is 1. The van der Waals surface area contributed by atoms with Crippen LogP contribution in [0.5, 0.6) is 0 Å². The van der Waals surface area contributed by atoms with Gasteiger partial charge >= 0.3 is 12.0 Å². The number of carboxylic acid groups (broad SMARTS) is 1. The molecule has 1 heterocycles. The highest BCUT2D eigenvalue weighted by atomic mass is 32.2. The van der Waals surface area contributed by atoms with Crippen LogP contribution in [0, 0.1) is 11.8 Å². The molecule has 0 spiro atoms. The zero-order chi connectivity index (χ0) is 20.1. The van der Waals surface area contributed by atoms with Gasteiger partial charge in [0.2, 0.25) is 0 Å². The molecular weight excluding hydrogens is 398 g/mol. The lowest BCUT2D eigenvalue weighted by molar-refractivity contribution is -0.133. The second kappa shape index (κ2) is 9.93. The third-order valence-corrected chi connectivity index (χ3v) is 7.64. The van der Waals surface area contributed by atoms with Crippen LogP contribution >= 0.6 is 23.1 Å². The molecule has 156 valence electrons. The Kier molecular flexibility index (Phi) is 7.59. The van der Waals surface area contributed by atoms with E-state index in [1.54, 1.807) is 13.3 Å². The topological polar surface area (TPSA) is 91.8 Å². The Morgan fingerprint density at radius 3 is 2.68 bits per heavy atom. The minimum atomic E-state index is -0.868. The molecule has 2 fully saturated rings. The van der Waals surface area contributed by atoms with Gasteiger partial charge in [0, 0.05) is 19.7 Å². The lowest BCUT2D eigenvalue weighted by Crippen LogP contribution is -2.48. The van der Waals surface area contributed by atoms with E-state index in [9.17, 15) is 9.59 Å². The van der Waals surface area contributed by atoms with Crippen LogP contribution in [0.4, 0.5) is 9.93 Å². The SMILES string of the molecule is COC(CN(C(=O)Nc1ncc(SCC(=O)O)s1)C1CCC(C)CC1)C1CC1. The minimum Gasteiger partial charge on any atom is -0.481 e. The summed E-state index contributed by atoms with van der Waals surface area (Å²) in [6.07, 6.45) is 8.37. The number of thiazole rings is 1. The number of thioether (sulfide) groups is 1. The number of rotatable bonds is 9.